The summed E-state index contributed by atoms with van der Waals surface area (Å²) in [7, 11) is 0. The van der Waals surface area contributed by atoms with Crippen LogP contribution in [0, 0.1) is 17.6 Å². The zero-order valence-corrected chi connectivity index (χ0v) is 57.2. The first-order chi connectivity index (χ1) is 49.6. The summed E-state index contributed by atoms with van der Waals surface area (Å²) in [6.45, 7) is 3.15. The summed E-state index contributed by atoms with van der Waals surface area (Å²) in [5.41, 5.74) is 6.71. The maximum absolute atomic E-state index is 15.2. The third-order valence-corrected chi connectivity index (χ3v) is 18.4. The van der Waals surface area contributed by atoms with Crippen molar-refractivity contribution in [1.82, 2.24) is 67.4 Å². The number of primary amides is 1. The molecule has 32 heteroatoms. The number of benzene rings is 4. The number of amides is 10. The van der Waals surface area contributed by atoms with Crippen molar-refractivity contribution in [1.29, 1.82) is 0 Å². The monoisotopic (exact) mass is 1440 g/mol. The molecular weight excluding hydrogens is 1350 g/mol. The largest absolute Gasteiger partial charge is 0.508 e. The van der Waals surface area contributed by atoms with Gasteiger partial charge < -0.3 is 83.1 Å². The number of aromatic hydroxyl groups is 1. The Labute approximate surface area is 593 Å². The zero-order chi connectivity index (χ0) is 74.9. The Balaban J connectivity index is 1.05. The molecular formula is C72H82F2N14O16. The SMILES string of the molecule is CC(=O)N[C@H]1CCC(=O)CCCOc2ccc(cc2)C[C@@H](C(N)=O)NC(=O)[C@]2(C)CCCN2C(=O)[C@H](Cc2ccc(O)cc2)NC(=O)[C@H](Cc2c[nH]cn2)NC(=O)[C@H](CC(=O)O)CC(=O)[C@H](Cc2c[nH]c3ccc(F)cc23)NC(=O)[C@H](Cc2c[nH]c3ccc(F)cc23)NC(=O)CNC(=O)[C@H](C)NC1=O. The number of fused-ring (bicyclic) bond motifs is 36. The number of ketones is 2. The van der Waals surface area contributed by atoms with Crippen molar-refractivity contribution < 1.29 is 86.1 Å². The van der Waals surface area contributed by atoms with Crippen LogP contribution in [0.5, 0.6) is 11.5 Å². The number of nitrogens with one attached hydrogen (secondary N) is 11. The van der Waals surface area contributed by atoms with Crippen molar-refractivity contribution in [3.63, 3.8) is 0 Å². The molecule has 15 N–H and O–H groups in total. The summed E-state index contributed by atoms with van der Waals surface area (Å²) in [4.78, 5) is 197. The number of imidazole rings is 1. The van der Waals surface area contributed by atoms with E-state index < -0.39 is 175 Å². The van der Waals surface area contributed by atoms with Crippen LogP contribution in [-0.2, 0) is 94.4 Å². The number of Topliss-reactive ketones (excluding diaryl/α,β-unsaturated/α-hetero) is 2. The molecule has 0 radical (unpaired) electrons. The van der Waals surface area contributed by atoms with Crippen LogP contribution in [-0.4, -0.2) is 179 Å². The quantitative estimate of drug-likeness (QED) is 0.0776. The number of carboxylic acid groups (broad SMARTS) is 1. The number of H-pyrrole nitrogens is 3. The van der Waals surface area contributed by atoms with Gasteiger partial charge in [0.15, 0.2) is 5.78 Å². The molecule has 1 fully saturated rings. The molecule has 7 aromatic rings. The molecule has 1 saturated heterocycles. The van der Waals surface area contributed by atoms with Crippen molar-refractivity contribution >= 4 is 98.4 Å². The number of hydrogen-bond acceptors (Lipinski definition) is 16. The van der Waals surface area contributed by atoms with Gasteiger partial charge in [0.25, 0.3) is 0 Å². The fourth-order valence-electron chi connectivity index (χ4n) is 12.7. The first-order valence-corrected chi connectivity index (χ1v) is 33.8. The van der Waals surface area contributed by atoms with Gasteiger partial charge >= 0.3 is 5.97 Å². The summed E-state index contributed by atoms with van der Waals surface area (Å²) in [6.07, 6.45) is 2.18. The van der Waals surface area contributed by atoms with Crippen molar-refractivity contribution in [3.05, 3.63) is 149 Å². The van der Waals surface area contributed by atoms with Crippen molar-refractivity contribution in [2.24, 2.45) is 11.7 Å². The molecule has 10 rings (SSSR count). The molecule has 3 aromatic heterocycles. The zero-order valence-electron chi connectivity index (χ0n) is 57.2. The first-order valence-electron chi connectivity index (χ1n) is 33.8. The van der Waals surface area contributed by atoms with Gasteiger partial charge in [-0.05, 0) is 122 Å². The number of halogens is 2. The van der Waals surface area contributed by atoms with Gasteiger partial charge in [-0.3, -0.25) is 62.3 Å². The smallest absolute Gasteiger partial charge is 0.304 e. The maximum atomic E-state index is 15.2. The lowest BCUT2D eigenvalue weighted by atomic mass is 9.91. The van der Waals surface area contributed by atoms with Gasteiger partial charge in [-0.25, -0.2) is 13.8 Å². The Morgan fingerprint density at radius 3 is 1.93 bits per heavy atom. The predicted octanol–water partition coefficient (Wildman–Crippen LogP) is 1.86. The number of carbonyl (C=O) groups is 13. The van der Waals surface area contributed by atoms with E-state index in [-0.39, 0.29) is 104 Å². The van der Waals surface area contributed by atoms with Gasteiger partial charge in [0.05, 0.1) is 43.6 Å². The number of nitrogens with two attached hydrogens (primary N) is 1. The first kappa shape index (κ1) is 76.3. The van der Waals surface area contributed by atoms with E-state index >= 15 is 19.2 Å². The van der Waals surface area contributed by atoms with E-state index in [1.165, 1.54) is 98.3 Å². The number of carbonyl (C=O) groups excluding carboxylic acids is 12. The Morgan fingerprint density at radius 1 is 0.692 bits per heavy atom. The average molecular weight is 1440 g/mol. The second-order valence-electron chi connectivity index (χ2n) is 26.2. The molecule has 4 aromatic carbocycles. The van der Waals surface area contributed by atoms with E-state index in [1.54, 1.807) is 24.3 Å². The lowest BCUT2D eigenvalue weighted by Gasteiger charge is -2.37. The van der Waals surface area contributed by atoms with E-state index in [1.807, 2.05) is 0 Å². The molecule has 0 aliphatic carbocycles. The fraction of sp³-hybridized carbons (Fsp3) is 0.389. The summed E-state index contributed by atoms with van der Waals surface area (Å²) >= 11 is 0. The Kier molecular flexibility index (Phi) is 25.4. The van der Waals surface area contributed by atoms with Gasteiger partial charge in [-0.1, -0.05) is 24.3 Å². The number of aliphatic carboxylic acids is 1. The Bertz CT molecular complexity index is 4350. The van der Waals surface area contributed by atoms with Crippen LogP contribution >= 0.6 is 0 Å². The third kappa shape index (κ3) is 20.5. The average Bonchev–Trinajstić information content (AvgIpc) is 1.57. The van der Waals surface area contributed by atoms with Crippen LogP contribution in [0.3, 0.4) is 0 Å². The summed E-state index contributed by atoms with van der Waals surface area (Å²) < 4.78 is 35.7. The van der Waals surface area contributed by atoms with Crippen LogP contribution < -0.4 is 53.0 Å². The molecule has 2 bridgehead atoms. The lowest BCUT2D eigenvalue weighted by Crippen LogP contribution is -2.63. The van der Waals surface area contributed by atoms with Crippen LogP contribution in [0.4, 0.5) is 8.78 Å². The van der Waals surface area contributed by atoms with Gasteiger partial charge in [0.2, 0.25) is 59.1 Å². The minimum Gasteiger partial charge on any atom is -0.508 e. The van der Waals surface area contributed by atoms with E-state index in [4.69, 9.17) is 10.5 Å². The van der Waals surface area contributed by atoms with E-state index in [9.17, 15) is 62.1 Å². The molecule has 10 amide bonds. The molecule has 550 valence electrons. The third-order valence-electron chi connectivity index (χ3n) is 18.4. The molecule has 3 aliphatic rings. The van der Waals surface area contributed by atoms with Crippen LogP contribution in [0.15, 0.2) is 110 Å². The van der Waals surface area contributed by atoms with Crippen LogP contribution in [0.25, 0.3) is 21.8 Å². The lowest BCUT2D eigenvalue weighted by molar-refractivity contribution is -0.147. The minimum atomic E-state index is -1.84. The van der Waals surface area contributed by atoms with Crippen LogP contribution in [0.1, 0.15) is 100 Å². The van der Waals surface area contributed by atoms with Crippen LogP contribution in [0.2, 0.25) is 0 Å². The van der Waals surface area contributed by atoms with E-state index in [2.05, 4.69) is 62.5 Å². The van der Waals surface area contributed by atoms with Crippen molar-refractivity contribution in [3.8, 4) is 11.5 Å². The number of phenolic OH excluding ortho intramolecular Hbond substituents is 1. The summed E-state index contributed by atoms with van der Waals surface area (Å²) in [5.74, 6) is -14.9. The molecule has 9 atom stereocenters. The molecule has 0 saturated carbocycles. The molecule has 30 nitrogen and oxygen atoms in total. The minimum absolute atomic E-state index is 0.0135. The highest BCUT2D eigenvalue weighted by atomic mass is 19.1. The predicted molar refractivity (Wildman–Crippen MR) is 369 cm³/mol. The van der Waals surface area contributed by atoms with Crippen molar-refractivity contribution in [2.45, 2.75) is 152 Å². The van der Waals surface area contributed by atoms with Gasteiger partial charge in [-0.2, -0.15) is 0 Å². The van der Waals surface area contributed by atoms with Gasteiger partial charge in [0, 0.05) is 105 Å². The number of nitrogens with zero attached hydrogens (tertiary/aromatic N) is 2. The number of carboxylic acids is 1. The number of aromatic nitrogens is 4. The molecule has 6 heterocycles. The van der Waals surface area contributed by atoms with E-state index in [0.29, 0.717) is 27.9 Å². The molecule has 104 heavy (non-hydrogen) atoms. The Hall–Kier alpha value is -11.9. The highest BCUT2D eigenvalue weighted by Gasteiger charge is 2.49. The highest BCUT2D eigenvalue weighted by molar-refractivity contribution is 6.01. The number of ether oxygens (including phenoxy) is 1. The highest BCUT2D eigenvalue weighted by Crippen LogP contribution is 2.32. The van der Waals surface area contributed by atoms with Crippen molar-refractivity contribution in [2.75, 3.05) is 19.7 Å². The topological polar surface area (TPSA) is 457 Å². The number of hydrogen-bond donors (Lipinski definition) is 14. The normalized spacial score (nSPS) is 23.3. The Morgan fingerprint density at radius 2 is 1.32 bits per heavy atom. The van der Waals surface area contributed by atoms with Gasteiger partial charge in [0.1, 0.15) is 70.7 Å². The molecule has 0 spiro atoms. The van der Waals surface area contributed by atoms with Gasteiger partial charge in [-0.15, -0.1) is 0 Å². The standard InChI is InChI=1S/C72H82F2N14O16/c1-38-65(97)79-36-62(93)83-58(27-44-34-78-54-19-12-46(74)31-52(44)54)68(100)84-56(26-43-33-77-53-18-11-45(73)30-51(43)53)61(92)28-42(29-63(94)95)66(98)85-59(32-47-35-76-37-80-47)69(101)86-60(25-40-7-13-49(91)14-8-40)70(102)88-22-5-21-72(88,3)71(103)87-57(64(75)96)24-41-9-16-50(17-10-41)104-23-4-6-48(90)15-20-55(67(99)81-38)82-39(2)89/h7-14,16-19,30-31,33-35,37-38,42,55-60,77-78,91H,4-6,15,20-29,32,36H2,1-3H3,(H2,75,96)(H,76,80)(H,79,97)(H,81,99)(H,82,89)(H,83,93)(H,84,100)(H,85,98)(H,86,101)(H,87,103)(H,94,95)/t38-,42-,55-,56-,57-,58-,59-,60-,72-/m0/s1. The summed E-state index contributed by atoms with van der Waals surface area (Å²) in [5, 5.41) is 41.7. The fourth-order valence-corrected chi connectivity index (χ4v) is 12.7. The second kappa shape index (κ2) is 34.7. The number of aromatic amines is 3. The molecule has 0 unspecified atom stereocenters. The number of rotatable bonds is 12. The summed E-state index contributed by atoms with van der Waals surface area (Å²) in [6, 6.07) is 9.07. The number of phenols is 1. The second-order valence-corrected chi connectivity index (χ2v) is 26.2. The van der Waals surface area contributed by atoms with E-state index in [0.717, 1.165) is 13.0 Å². The molecule has 3 aliphatic heterocycles. The maximum Gasteiger partial charge on any atom is 0.304 e.